The maximum atomic E-state index is 9.26. The number of aliphatic carboxylic acids is 1. The Kier molecular flexibility index (Phi) is 26.0. The Morgan fingerprint density at radius 2 is 1.17 bits per heavy atom. The minimum atomic E-state index is -0.995. The summed E-state index contributed by atoms with van der Waals surface area (Å²) < 4.78 is 1.28. The molecule has 18 heavy (non-hydrogen) atoms. The van der Waals surface area contributed by atoms with Gasteiger partial charge in [0.1, 0.15) is 0 Å². The van der Waals surface area contributed by atoms with Crippen LogP contribution in [0.3, 0.4) is 0 Å². The molecular formula is C12H30N2O4. The van der Waals surface area contributed by atoms with E-state index in [0.717, 1.165) is 0 Å². The van der Waals surface area contributed by atoms with Gasteiger partial charge in [-0.15, -0.1) is 0 Å². The Balaban J connectivity index is -0.0000000931. The van der Waals surface area contributed by atoms with Crippen molar-refractivity contribution in [3.05, 3.63) is 0 Å². The van der Waals surface area contributed by atoms with Crippen LogP contribution in [0.1, 0.15) is 41.0 Å². The second kappa shape index (κ2) is 18.2. The molecule has 0 aliphatic heterocycles. The third kappa shape index (κ3) is 17.3. The lowest BCUT2D eigenvalue weighted by atomic mass is 10.3. The number of carboxylic acid groups (broad SMARTS) is 2. The summed E-state index contributed by atoms with van der Waals surface area (Å²) in [5.74, 6) is -0.995. The predicted molar refractivity (Wildman–Crippen MR) is 69.8 cm³/mol. The number of hydrogen-bond acceptors (Lipinski definition) is 4. The fourth-order valence-corrected chi connectivity index (χ4v) is 1.34. The molecule has 0 bridgehead atoms. The first-order valence-corrected chi connectivity index (χ1v) is 6.03. The summed E-state index contributed by atoms with van der Waals surface area (Å²) in [6.45, 7) is 15.3. The Labute approximate surface area is 111 Å². The van der Waals surface area contributed by atoms with Crippen LogP contribution in [0.4, 0.5) is 0 Å². The smallest absolute Gasteiger partial charge is 0.0757 e. The summed E-state index contributed by atoms with van der Waals surface area (Å²) in [4.78, 5) is 17.5. The Morgan fingerprint density at radius 3 is 1.17 bits per heavy atom. The molecule has 0 aromatic rings. The second-order valence-corrected chi connectivity index (χ2v) is 3.43. The first kappa shape index (κ1) is 25.6. The Hall–Kier alpha value is -1.14. The molecule has 4 N–H and O–H groups in total. The van der Waals surface area contributed by atoms with Gasteiger partial charge in [-0.2, -0.15) is 0 Å². The molecule has 0 atom stereocenters. The zero-order valence-electron chi connectivity index (χ0n) is 12.7. The molecule has 0 fully saturated rings. The van der Waals surface area contributed by atoms with Crippen molar-refractivity contribution in [2.45, 2.75) is 41.0 Å². The van der Waals surface area contributed by atoms with Gasteiger partial charge in [-0.1, -0.05) is 6.92 Å². The second-order valence-electron chi connectivity index (χ2n) is 3.43. The molecule has 0 amide bonds. The monoisotopic (exact) mass is 266 g/mol. The summed E-state index contributed by atoms with van der Waals surface area (Å²) in [5, 5.41) is 17.5. The van der Waals surface area contributed by atoms with Crippen LogP contribution >= 0.6 is 0 Å². The Morgan fingerprint density at radius 1 is 1.00 bits per heavy atom. The highest BCUT2D eigenvalue weighted by atomic mass is 16.4. The van der Waals surface area contributed by atoms with Crippen LogP contribution in [-0.4, -0.2) is 43.1 Å². The number of rotatable bonds is 5. The molecule has 0 saturated heterocycles. The average Bonchev–Trinajstić information content (AvgIpc) is 2.34. The largest absolute Gasteiger partial charge is 0.554 e. The van der Waals surface area contributed by atoms with E-state index in [0.29, 0.717) is 0 Å². The molecule has 0 heterocycles. The molecule has 0 spiro atoms. The van der Waals surface area contributed by atoms with Crippen LogP contribution in [0.15, 0.2) is 0 Å². The minimum Gasteiger partial charge on any atom is -0.554 e. The fraction of sp³-hybridized carbons (Fsp3) is 0.833. The molecule has 0 aromatic carbocycles. The molecule has 0 aromatic heterocycles. The van der Waals surface area contributed by atoms with Crippen LogP contribution in [0, 0.1) is 0 Å². The molecule has 0 unspecified atom stereocenters. The highest BCUT2D eigenvalue weighted by Gasteiger charge is 2.16. The van der Waals surface area contributed by atoms with E-state index in [-0.39, 0.29) is 12.6 Å². The number of hydrogen-bond donors (Lipinski definition) is 1. The van der Waals surface area contributed by atoms with Crippen molar-refractivity contribution < 1.29 is 24.3 Å². The van der Waals surface area contributed by atoms with E-state index in [4.69, 9.17) is 9.90 Å². The predicted octanol–water partition coefficient (Wildman–Crippen LogP) is -0.229. The summed E-state index contributed by atoms with van der Waals surface area (Å²) in [5.41, 5.74) is 0. The minimum absolute atomic E-state index is 0. The lowest BCUT2D eigenvalue weighted by Crippen LogP contribution is -2.47. The van der Waals surface area contributed by atoms with Crippen molar-refractivity contribution in [1.29, 1.82) is 0 Å². The zero-order valence-corrected chi connectivity index (χ0v) is 12.7. The van der Waals surface area contributed by atoms with Gasteiger partial charge in [-0.3, -0.25) is 0 Å². The summed E-state index contributed by atoms with van der Waals surface area (Å²) >= 11 is 0. The zero-order chi connectivity index (χ0) is 14.3. The quantitative estimate of drug-likeness (QED) is 0.546. The van der Waals surface area contributed by atoms with Gasteiger partial charge in [0.25, 0.3) is 0 Å². The van der Waals surface area contributed by atoms with E-state index in [9.17, 15) is 9.90 Å². The standard InChI is InChI=1S/C8H20N.C3H6O2.CH2O2.H3N/c1-5-9(6-2,7-3)8-4;1-2-3(4)5;2-1-3;/h5-8H2,1-4H3;2H2,1H3,(H,4,5);1H,(H,2,3);1H3/q+1;;;/p-1. The van der Waals surface area contributed by atoms with E-state index >= 15 is 0 Å². The lowest BCUT2D eigenvalue weighted by Gasteiger charge is -2.34. The van der Waals surface area contributed by atoms with E-state index < -0.39 is 12.4 Å². The van der Waals surface area contributed by atoms with Crippen LogP contribution in [0.5, 0.6) is 0 Å². The maximum Gasteiger partial charge on any atom is 0.0757 e. The van der Waals surface area contributed by atoms with Crippen LogP contribution in [0.2, 0.25) is 0 Å². The van der Waals surface area contributed by atoms with E-state index in [1.165, 1.54) is 37.6 Å². The number of nitrogens with zero attached hydrogens (tertiary/aromatic N) is 1. The number of quaternary nitrogens is 2. The first-order valence-electron chi connectivity index (χ1n) is 6.03. The lowest BCUT2D eigenvalue weighted by molar-refractivity contribution is -0.921. The molecule has 0 radical (unpaired) electrons. The van der Waals surface area contributed by atoms with Crippen molar-refractivity contribution in [2.24, 2.45) is 0 Å². The molecule has 0 aliphatic rings. The molecule has 112 valence electrons. The average molecular weight is 266 g/mol. The highest BCUT2D eigenvalue weighted by molar-refractivity contribution is 5.63. The summed E-state index contributed by atoms with van der Waals surface area (Å²) in [6, 6.07) is 0. The van der Waals surface area contributed by atoms with Crippen molar-refractivity contribution >= 4 is 12.4 Å². The fourth-order valence-electron chi connectivity index (χ4n) is 1.34. The van der Waals surface area contributed by atoms with Gasteiger partial charge < -0.3 is 30.4 Å². The van der Waals surface area contributed by atoms with E-state index in [1.54, 1.807) is 0 Å². The first-order chi connectivity index (χ1) is 7.93. The topological polar surface area (TPSA) is 117 Å². The van der Waals surface area contributed by atoms with Crippen LogP contribution in [0.25, 0.3) is 0 Å². The van der Waals surface area contributed by atoms with Gasteiger partial charge in [0.2, 0.25) is 0 Å². The summed E-state index contributed by atoms with van der Waals surface area (Å²) in [6.07, 6.45) is 0.111. The van der Waals surface area contributed by atoms with Gasteiger partial charge in [-0.25, -0.2) is 0 Å². The SMILES string of the molecule is CCC(=O)[O-].CC[N+](CC)(CC)CC.O=C[O-].[NH4+]. The molecule has 0 rings (SSSR count). The molecule has 6 nitrogen and oxygen atoms in total. The maximum absolute atomic E-state index is 9.26. The van der Waals surface area contributed by atoms with E-state index in [2.05, 4.69) is 27.7 Å². The number of carbonyl (C=O) groups excluding carboxylic acids is 2. The van der Waals surface area contributed by atoms with E-state index in [1.807, 2.05) is 0 Å². The van der Waals surface area contributed by atoms with Crippen molar-refractivity contribution in [1.82, 2.24) is 6.15 Å². The van der Waals surface area contributed by atoms with Crippen molar-refractivity contribution in [2.75, 3.05) is 26.2 Å². The van der Waals surface area contributed by atoms with Gasteiger partial charge in [0.05, 0.1) is 26.2 Å². The third-order valence-electron chi connectivity index (χ3n) is 2.97. The van der Waals surface area contributed by atoms with Gasteiger partial charge >= 0.3 is 0 Å². The summed E-state index contributed by atoms with van der Waals surface area (Å²) in [7, 11) is 0. The Bertz CT molecular complexity index is 165. The van der Waals surface area contributed by atoms with Crippen molar-refractivity contribution in [3.63, 3.8) is 0 Å². The number of carboxylic acids is 1. The number of carbonyl (C=O) groups is 2. The molecule has 0 saturated carbocycles. The molecule has 6 heteroatoms. The van der Waals surface area contributed by atoms with Crippen LogP contribution in [-0.2, 0) is 9.59 Å². The van der Waals surface area contributed by atoms with Gasteiger partial charge in [-0.05, 0) is 34.1 Å². The normalized spacial score (nSPS) is 8.72. The third-order valence-corrected chi connectivity index (χ3v) is 2.97. The highest BCUT2D eigenvalue weighted by Crippen LogP contribution is 2.03. The van der Waals surface area contributed by atoms with Crippen LogP contribution < -0.4 is 16.4 Å². The van der Waals surface area contributed by atoms with Gasteiger partial charge in [0.15, 0.2) is 0 Å². The molecular weight excluding hydrogens is 236 g/mol. The molecule has 0 aliphatic carbocycles. The van der Waals surface area contributed by atoms with Crippen molar-refractivity contribution in [3.8, 4) is 0 Å². The van der Waals surface area contributed by atoms with Gasteiger partial charge in [0, 0.05) is 12.4 Å².